The maximum absolute atomic E-state index is 13.0. The van der Waals surface area contributed by atoms with Gasteiger partial charge in [0.1, 0.15) is 5.76 Å². The van der Waals surface area contributed by atoms with Crippen molar-refractivity contribution in [1.82, 2.24) is 0 Å². The Labute approximate surface area is 185 Å². The number of benzene rings is 3. The second-order valence-electron chi connectivity index (χ2n) is 6.86. The standard InChI is InChI=1S/C23H15BrN2O5/c24-16-9-11-17(12-10-16)25-20(15-7-4-8-18(13-15)26(30)31)19(22(28)23(25)29)21(27)14-5-2-1-3-6-14/h1-13,20,27H. The summed E-state index contributed by atoms with van der Waals surface area (Å²) < 4.78 is 0.781. The lowest BCUT2D eigenvalue weighted by Gasteiger charge is -2.25. The minimum atomic E-state index is -1.03. The summed E-state index contributed by atoms with van der Waals surface area (Å²) >= 11 is 3.34. The lowest BCUT2D eigenvalue weighted by atomic mass is 9.95. The molecule has 1 heterocycles. The van der Waals surface area contributed by atoms with Gasteiger partial charge in [-0.1, -0.05) is 58.4 Å². The van der Waals surface area contributed by atoms with Crippen LogP contribution in [0.2, 0.25) is 0 Å². The number of anilines is 1. The summed E-state index contributed by atoms with van der Waals surface area (Å²) in [6.45, 7) is 0. The molecule has 0 aliphatic carbocycles. The third-order valence-corrected chi connectivity index (χ3v) is 5.52. The average molecular weight is 479 g/mol. The maximum atomic E-state index is 13.0. The Morgan fingerprint density at radius 1 is 0.968 bits per heavy atom. The monoisotopic (exact) mass is 478 g/mol. The van der Waals surface area contributed by atoms with Gasteiger partial charge in [0.05, 0.1) is 16.5 Å². The molecule has 8 heteroatoms. The number of Topliss-reactive ketones (excluding diaryl/α,β-unsaturated/α-hetero) is 1. The van der Waals surface area contributed by atoms with Crippen LogP contribution in [-0.4, -0.2) is 21.7 Å². The molecule has 3 aromatic rings. The summed E-state index contributed by atoms with van der Waals surface area (Å²) in [6, 6.07) is 19.8. The zero-order valence-electron chi connectivity index (χ0n) is 15.9. The summed E-state index contributed by atoms with van der Waals surface area (Å²) in [7, 11) is 0. The molecule has 31 heavy (non-hydrogen) atoms. The molecule has 1 atom stereocenters. The molecule has 4 rings (SSSR count). The Kier molecular flexibility index (Phi) is 5.39. The number of nitro benzene ring substituents is 1. The van der Waals surface area contributed by atoms with Gasteiger partial charge in [0.15, 0.2) is 0 Å². The molecule has 0 spiro atoms. The topological polar surface area (TPSA) is 101 Å². The number of halogens is 1. The quantitative estimate of drug-likeness (QED) is 0.187. The molecule has 154 valence electrons. The molecule has 1 fully saturated rings. The fourth-order valence-electron chi connectivity index (χ4n) is 3.58. The van der Waals surface area contributed by atoms with Crippen molar-refractivity contribution < 1.29 is 19.6 Å². The van der Waals surface area contributed by atoms with Gasteiger partial charge in [0.2, 0.25) is 0 Å². The molecule has 1 unspecified atom stereocenters. The van der Waals surface area contributed by atoms with Crippen LogP contribution in [0.3, 0.4) is 0 Å². The number of hydrogen-bond acceptors (Lipinski definition) is 5. The highest BCUT2D eigenvalue weighted by atomic mass is 79.9. The SMILES string of the molecule is O=C1C(=O)N(c2ccc(Br)cc2)C(c2cccc([N+](=O)[O-])c2)C1=C(O)c1ccccc1. The van der Waals surface area contributed by atoms with Crippen LogP contribution in [-0.2, 0) is 9.59 Å². The van der Waals surface area contributed by atoms with Gasteiger partial charge in [0, 0.05) is 27.9 Å². The molecule has 1 aliphatic heterocycles. The van der Waals surface area contributed by atoms with Gasteiger partial charge < -0.3 is 5.11 Å². The first kappa shape index (κ1) is 20.5. The van der Waals surface area contributed by atoms with Crippen molar-refractivity contribution >= 4 is 44.8 Å². The predicted octanol–water partition coefficient (Wildman–Crippen LogP) is 4.98. The van der Waals surface area contributed by atoms with Gasteiger partial charge in [-0.05, 0) is 29.8 Å². The number of non-ortho nitro benzene ring substituents is 1. The molecule has 0 radical (unpaired) electrons. The highest BCUT2D eigenvalue weighted by Crippen LogP contribution is 2.42. The van der Waals surface area contributed by atoms with Crippen LogP contribution >= 0.6 is 15.9 Å². The normalized spacial score (nSPS) is 17.7. The fraction of sp³-hybridized carbons (Fsp3) is 0.0435. The first-order valence-electron chi connectivity index (χ1n) is 9.25. The summed E-state index contributed by atoms with van der Waals surface area (Å²) in [5, 5.41) is 22.3. The number of aliphatic hydroxyl groups is 1. The van der Waals surface area contributed by atoms with Crippen molar-refractivity contribution in [2.24, 2.45) is 0 Å². The van der Waals surface area contributed by atoms with Crippen LogP contribution in [0, 0.1) is 10.1 Å². The third kappa shape index (κ3) is 3.73. The van der Waals surface area contributed by atoms with Crippen molar-refractivity contribution in [3.8, 4) is 0 Å². The van der Waals surface area contributed by atoms with Crippen LogP contribution in [0.5, 0.6) is 0 Å². The van der Waals surface area contributed by atoms with Crippen molar-refractivity contribution in [2.75, 3.05) is 4.90 Å². The Morgan fingerprint density at radius 3 is 2.29 bits per heavy atom. The van der Waals surface area contributed by atoms with Gasteiger partial charge in [-0.2, -0.15) is 0 Å². The molecule has 0 bridgehead atoms. The highest BCUT2D eigenvalue weighted by Gasteiger charge is 2.47. The van der Waals surface area contributed by atoms with E-state index in [0.717, 1.165) is 4.47 Å². The molecule has 1 aliphatic rings. The van der Waals surface area contributed by atoms with Gasteiger partial charge in [-0.15, -0.1) is 0 Å². The van der Waals surface area contributed by atoms with E-state index in [1.54, 1.807) is 60.7 Å². The van der Waals surface area contributed by atoms with E-state index >= 15 is 0 Å². The number of rotatable bonds is 4. The smallest absolute Gasteiger partial charge is 0.300 e. The van der Waals surface area contributed by atoms with Crippen LogP contribution < -0.4 is 4.90 Å². The number of nitrogens with zero attached hydrogens (tertiary/aromatic N) is 2. The van der Waals surface area contributed by atoms with Gasteiger partial charge in [0.25, 0.3) is 17.4 Å². The van der Waals surface area contributed by atoms with Crippen LogP contribution in [0.1, 0.15) is 17.2 Å². The third-order valence-electron chi connectivity index (χ3n) is 4.99. The van der Waals surface area contributed by atoms with Crippen molar-refractivity contribution in [1.29, 1.82) is 0 Å². The maximum Gasteiger partial charge on any atom is 0.300 e. The first-order valence-corrected chi connectivity index (χ1v) is 10.0. The molecule has 1 N–H and O–H groups in total. The van der Waals surface area contributed by atoms with Gasteiger partial charge in [-0.25, -0.2) is 0 Å². The molecular weight excluding hydrogens is 464 g/mol. The number of nitro groups is 1. The van der Waals surface area contributed by atoms with E-state index in [-0.39, 0.29) is 17.0 Å². The Balaban J connectivity index is 1.97. The van der Waals surface area contributed by atoms with E-state index in [9.17, 15) is 24.8 Å². The summed E-state index contributed by atoms with van der Waals surface area (Å²) in [6.07, 6.45) is 0. The van der Waals surface area contributed by atoms with Gasteiger partial charge >= 0.3 is 0 Å². The largest absolute Gasteiger partial charge is 0.507 e. The summed E-state index contributed by atoms with van der Waals surface area (Å²) in [5.41, 5.74) is 0.827. The number of amides is 1. The minimum Gasteiger partial charge on any atom is -0.507 e. The average Bonchev–Trinajstić information content (AvgIpc) is 3.05. The number of hydrogen-bond donors (Lipinski definition) is 1. The van der Waals surface area contributed by atoms with E-state index in [0.29, 0.717) is 16.8 Å². The minimum absolute atomic E-state index is 0.125. The van der Waals surface area contributed by atoms with E-state index < -0.39 is 22.7 Å². The first-order chi connectivity index (χ1) is 14.9. The molecule has 7 nitrogen and oxygen atoms in total. The molecular formula is C23H15BrN2O5. The number of ketones is 1. The van der Waals surface area contributed by atoms with E-state index in [4.69, 9.17) is 0 Å². The lowest BCUT2D eigenvalue weighted by Crippen LogP contribution is -2.29. The lowest BCUT2D eigenvalue weighted by molar-refractivity contribution is -0.384. The second-order valence-corrected chi connectivity index (χ2v) is 7.78. The molecule has 3 aromatic carbocycles. The van der Waals surface area contributed by atoms with E-state index in [2.05, 4.69) is 15.9 Å². The van der Waals surface area contributed by atoms with Crippen LogP contribution in [0.15, 0.2) is 88.9 Å². The highest BCUT2D eigenvalue weighted by molar-refractivity contribution is 9.10. The molecule has 1 amide bonds. The van der Waals surface area contributed by atoms with Gasteiger partial charge in [-0.3, -0.25) is 24.6 Å². The van der Waals surface area contributed by atoms with Crippen molar-refractivity contribution in [3.63, 3.8) is 0 Å². The van der Waals surface area contributed by atoms with Crippen LogP contribution in [0.4, 0.5) is 11.4 Å². The zero-order valence-corrected chi connectivity index (χ0v) is 17.5. The Hall–Kier alpha value is -3.78. The Bertz CT molecular complexity index is 1220. The molecule has 1 saturated heterocycles. The Morgan fingerprint density at radius 2 is 1.65 bits per heavy atom. The van der Waals surface area contributed by atoms with Crippen molar-refractivity contribution in [3.05, 3.63) is 110 Å². The summed E-state index contributed by atoms with van der Waals surface area (Å²) in [5.74, 6) is -2.02. The van der Waals surface area contributed by atoms with Crippen LogP contribution in [0.25, 0.3) is 5.76 Å². The number of carbonyl (C=O) groups excluding carboxylic acids is 2. The van der Waals surface area contributed by atoms with E-state index in [1.165, 1.54) is 23.1 Å². The van der Waals surface area contributed by atoms with Crippen molar-refractivity contribution in [2.45, 2.75) is 6.04 Å². The second kappa shape index (κ2) is 8.16. The molecule has 0 aromatic heterocycles. The summed E-state index contributed by atoms with van der Waals surface area (Å²) in [4.78, 5) is 38.1. The zero-order chi connectivity index (χ0) is 22.1. The molecule has 0 saturated carbocycles. The van der Waals surface area contributed by atoms with E-state index in [1.807, 2.05) is 0 Å². The fourth-order valence-corrected chi connectivity index (χ4v) is 3.84. The predicted molar refractivity (Wildman–Crippen MR) is 118 cm³/mol. The number of aliphatic hydroxyl groups excluding tert-OH is 1. The number of carbonyl (C=O) groups is 2.